The van der Waals surface area contributed by atoms with Gasteiger partial charge in [0.05, 0.1) is 4.90 Å². The lowest BCUT2D eigenvalue weighted by atomic mass is 10.1. The van der Waals surface area contributed by atoms with Gasteiger partial charge in [-0.15, -0.1) is 0 Å². The molecule has 0 aliphatic rings. The van der Waals surface area contributed by atoms with Gasteiger partial charge in [0.1, 0.15) is 5.25 Å². The second-order valence-corrected chi connectivity index (χ2v) is 8.09. The number of sulfone groups is 1. The third-order valence-electron chi connectivity index (χ3n) is 2.46. The standard InChI is InChI=1S/C13H18ClNO3S/c1-9(12(16)15-13(2,3)4)19(17,18)11-7-5-6-10(14)8-11/h5-9H,1-4H3,(H,15,16). The maximum Gasteiger partial charge on any atom is 0.238 e. The molecule has 106 valence electrons. The Kier molecular flexibility index (Phi) is 4.63. The lowest BCUT2D eigenvalue weighted by molar-refractivity contribution is -0.121. The van der Waals surface area contributed by atoms with E-state index in [1.165, 1.54) is 19.1 Å². The smallest absolute Gasteiger partial charge is 0.238 e. The summed E-state index contributed by atoms with van der Waals surface area (Å²) < 4.78 is 24.6. The Bertz CT molecular complexity index is 576. The molecule has 0 fully saturated rings. The summed E-state index contributed by atoms with van der Waals surface area (Å²) in [6.07, 6.45) is 0. The van der Waals surface area contributed by atoms with Crippen LogP contribution in [-0.4, -0.2) is 25.1 Å². The van der Waals surface area contributed by atoms with Crippen LogP contribution in [0.3, 0.4) is 0 Å². The van der Waals surface area contributed by atoms with Crippen molar-refractivity contribution in [2.24, 2.45) is 0 Å². The number of carbonyl (C=O) groups excluding carboxylic acids is 1. The molecule has 0 aliphatic carbocycles. The van der Waals surface area contributed by atoms with Gasteiger partial charge in [0.2, 0.25) is 5.91 Å². The Labute approximate surface area is 119 Å². The van der Waals surface area contributed by atoms with Crippen LogP contribution in [0.25, 0.3) is 0 Å². The highest BCUT2D eigenvalue weighted by Gasteiger charge is 2.31. The average Bonchev–Trinajstić information content (AvgIpc) is 2.25. The first-order valence-electron chi connectivity index (χ1n) is 5.85. The van der Waals surface area contributed by atoms with Gasteiger partial charge in [-0.25, -0.2) is 8.42 Å². The molecule has 4 nitrogen and oxygen atoms in total. The lowest BCUT2D eigenvalue weighted by Gasteiger charge is -2.23. The summed E-state index contributed by atoms with van der Waals surface area (Å²) in [5.74, 6) is -0.521. The first-order chi connectivity index (χ1) is 8.54. The van der Waals surface area contributed by atoms with E-state index >= 15 is 0 Å². The van der Waals surface area contributed by atoms with Crippen LogP contribution >= 0.6 is 11.6 Å². The fraction of sp³-hybridized carbons (Fsp3) is 0.462. The summed E-state index contributed by atoms with van der Waals surface area (Å²) in [5, 5.41) is 1.82. The molecule has 1 rings (SSSR count). The van der Waals surface area contributed by atoms with Crippen molar-refractivity contribution in [1.29, 1.82) is 0 Å². The molecule has 0 saturated carbocycles. The van der Waals surface area contributed by atoms with Crippen molar-refractivity contribution < 1.29 is 13.2 Å². The number of rotatable bonds is 3. The molecular weight excluding hydrogens is 286 g/mol. The van der Waals surface area contributed by atoms with E-state index in [1.807, 2.05) is 0 Å². The molecule has 1 unspecified atom stereocenters. The van der Waals surface area contributed by atoms with Gasteiger partial charge in [-0.1, -0.05) is 17.7 Å². The molecule has 0 spiro atoms. The van der Waals surface area contributed by atoms with Crippen LogP contribution in [0.4, 0.5) is 0 Å². The summed E-state index contributed by atoms with van der Waals surface area (Å²) in [5.41, 5.74) is -0.477. The van der Waals surface area contributed by atoms with Crippen molar-refractivity contribution in [3.8, 4) is 0 Å². The van der Waals surface area contributed by atoms with Crippen molar-refractivity contribution in [3.63, 3.8) is 0 Å². The van der Waals surface area contributed by atoms with Crippen LogP contribution < -0.4 is 5.32 Å². The maximum absolute atomic E-state index is 12.3. The molecule has 0 aromatic heterocycles. The van der Waals surface area contributed by atoms with Gasteiger partial charge >= 0.3 is 0 Å². The number of hydrogen-bond donors (Lipinski definition) is 1. The highest BCUT2D eigenvalue weighted by Crippen LogP contribution is 2.20. The zero-order valence-corrected chi connectivity index (χ0v) is 13.0. The van der Waals surface area contributed by atoms with Crippen LogP contribution in [0.1, 0.15) is 27.7 Å². The quantitative estimate of drug-likeness (QED) is 0.932. The van der Waals surface area contributed by atoms with E-state index in [0.29, 0.717) is 5.02 Å². The summed E-state index contributed by atoms with van der Waals surface area (Å²) >= 11 is 5.78. The fourth-order valence-corrected chi connectivity index (χ4v) is 3.02. The number of hydrogen-bond acceptors (Lipinski definition) is 3. The highest BCUT2D eigenvalue weighted by molar-refractivity contribution is 7.92. The van der Waals surface area contributed by atoms with Crippen molar-refractivity contribution in [1.82, 2.24) is 5.32 Å². The van der Waals surface area contributed by atoms with Gasteiger partial charge in [-0.3, -0.25) is 4.79 Å². The molecule has 6 heteroatoms. The third-order valence-corrected chi connectivity index (χ3v) is 4.75. The van der Waals surface area contributed by atoms with Crippen LogP contribution in [0, 0.1) is 0 Å². The SMILES string of the molecule is CC(C(=O)NC(C)(C)C)S(=O)(=O)c1cccc(Cl)c1. The van der Waals surface area contributed by atoms with Gasteiger partial charge in [-0.2, -0.15) is 0 Å². The van der Waals surface area contributed by atoms with Gasteiger partial charge in [-0.05, 0) is 45.9 Å². The number of amides is 1. The van der Waals surface area contributed by atoms with E-state index in [4.69, 9.17) is 11.6 Å². The maximum atomic E-state index is 12.3. The van der Waals surface area contributed by atoms with E-state index in [1.54, 1.807) is 32.9 Å². The molecule has 0 radical (unpaired) electrons. The Morgan fingerprint density at radius 3 is 2.37 bits per heavy atom. The lowest BCUT2D eigenvalue weighted by Crippen LogP contribution is -2.47. The van der Waals surface area contributed by atoms with Crippen molar-refractivity contribution in [2.45, 2.75) is 43.4 Å². The van der Waals surface area contributed by atoms with E-state index in [9.17, 15) is 13.2 Å². The predicted molar refractivity (Wildman–Crippen MR) is 76.0 cm³/mol. The molecule has 1 atom stereocenters. The van der Waals surface area contributed by atoms with Crippen LogP contribution in [-0.2, 0) is 14.6 Å². The Balaban J connectivity index is 3.04. The normalized spacial score (nSPS) is 13.9. The summed E-state index contributed by atoms with van der Waals surface area (Å²) in [4.78, 5) is 12.0. The zero-order valence-electron chi connectivity index (χ0n) is 11.4. The van der Waals surface area contributed by atoms with E-state index in [-0.39, 0.29) is 4.90 Å². The van der Waals surface area contributed by atoms with Crippen molar-refractivity contribution in [3.05, 3.63) is 29.3 Å². The number of nitrogens with one attached hydrogen (secondary N) is 1. The Hall–Kier alpha value is -1.07. The zero-order chi connectivity index (χ0) is 14.8. The minimum absolute atomic E-state index is 0.0524. The van der Waals surface area contributed by atoms with Gasteiger partial charge in [0.25, 0.3) is 0 Å². The van der Waals surface area contributed by atoms with Crippen molar-refractivity contribution in [2.75, 3.05) is 0 Å². The molecule has 1 N–H and O–H groups in total. The molecule has 1 aromatic rings. The van der Waals surface area contributed by atoms with Gasteiger partial charge in [0, 0.05) is 10.6 Å². The Morgan fingerprint density at radius 1 is 1.32 bits per heavy atom. The summed E-state index contributed by atoms with van der Waals surface area (Å²) in [6, 6.07) is 5.91. The molecular formula is C13H18ClNO3S. The second kappa shape index (κ2) is 5.51. The van der Waals surface area contributed by atoms with Gasteiger partial charge < -0.3 is 5.32 Å². The number of carbonyl (C=O) groups is 1. The van der Waals surface area contributed by atoms with Crippen LogP contribution in [0.15, 0.2) is 29.2 Å². The monoisotopic (exact) mass is 303 g/mol. The summed E-state index contributed by atoms with van der Waals surface area (Å²) in [6.45, 7) is 6.76. The van der Waals surface area contributed by atoms with E-state index in [0.717, 1.165) is 0 Å². The minimum Gasteiger partial charge on any atom is -0.350 e. The molecule has 0 bridgehead atoms. The van der Waals surface area contributed by atoms with Gasteiger partial charge in [0.15, 0.2) is 9.84 Å². The molecule has 19 heavy (non-hydrogen) atoms. The molecule has 0 aliphatic heterocycles. The van der Waals surface area contributed by atoms with Crippen LogP contribution in [0.5, 0.6) is 0 Å². The molecule has 1 amide bonds. The third kappa shape index (κ3) is 4.21. The average molecular weight is 304 g/mol. The number of benzene rings is 1. The van der Waals surface area contributed by atoms with Crippen molar-refractivity contribution >= 4 is 27.3 Å². The molecule has 0 saturated heterocycles. The van der Waals surface area contributed by atoms with E-state index < -0.39 is 26.5 Å². The highest BCUT2D eigenvalue weighted by atomic mass is 35.5. The van der Waals surface area contributed by atoms with Crippen LogP contribution in [0.2, 0.25) is 5.02 Å². The minimum atomic E-state index is -3.73. The number of halogens is 1. The molecule has 1 aromatic carbocycles. The molecule has 0 heterocycles. The summed E-state index contributed by atoms with van der Waals surface area (Å²) in [7, 11) is -3.73. The largest absolute Gasteiger partial charge is 0.350 e. The van der Waals surface area contributed by atoms with E-state index in [2.05, 4.69) is 5.32 Å². The predicted octanol–water partition coefficient (Wildman–Crippen LogP) is 2.42. The topological polar surface area (TPSA) is 63.2 Å². The second-order valence-electron chi connectivity index (χ2n) is 5.38. The Morgan fingerprint density at radius 2 is 1.89 bits per heavy atom. The fourth-order valence-electron chi connectivity index (χ4n) is 1.46. The first kappa shape index (κ1) is 16.0. The first-order valence-corrected chi connectivity index (χ1v) is 7.78.